The molecule has 1 aromatic heterocycles. The maximum atomic E-state index is 5.92. The van der Waals surface area contributed by atoms with Crippen LogP contribution in [0.3, 0.4) is 0 Å². The maximum absolute atomic E-state index is 5.92. The van der Waals surface area contributed by atoms with Gasteiger partial charge in [-0.25, -0.2) is 0 Å². The van der Waals surface area contributed by atoms with E-state index in [1.807, 2.05) is 12.4 Å². The van der Waals surface area contributed by atoms with E-state index in [4.69, 9.17) is 5.84 Å². The second-order valence-electron chi connectivity index (χ2n) is 6.28. The molecule has 0 bridgehead atoms. The number of aromatic nitrogens is 1. The van der Waals surface area contributed by atoms with Gasteiger partial charge >= 0.3 is 0 Å². The first-order valence-corrected chi connectivity index (χ1v) is 8.12. The Kier molecular flexibility index (Phi) is 4.51. The summed E-state index contributed by atoms with van der Waals surface area (Å²) >= 11 is 0. The number of fused-ring (bicyclic) bond motifs is 1. The molecule has 2 aromatic rings. The van der Waals surface area contributed by atoms with E-state index in [0.29, 0.717) is 5.92 Å². The molecule has 1 aliphatic carbocycles. The lowest BCUT2D eigenvalue weighted by Gasteiger charge is -2.33. The lowest BCUT2D eigenvalue weighted by Crippen LogP contribution is -2.35. The number of pyridine rings is 1. The largest absolute Gasteiger partial charge is 0.271 e. The predicted molar refractivity (Wildman–Crippen MR) is 87.5 cm³/mol. The van der Waals surface area contributed by atoms with Gasteiger partial charge < -0.3 is 0 Å². The summed E-state index contributed by atoms with van der Waals surface area (Å²) < 4.78 is 0. The summed E-state index contributed by atoms with van der Waals surface area (Å²) in [5, 5.41) is 2.46. The van der Waals surface area contributed by atoms with Crippen LogP contribution in [0, 0.1) is 11.8 Å². The van der Waals surface area contributed by atoms with Crippen LogP contribution < -0.4 is 11.3 Å². The Hall–Kier alpha value is -1.45. The highest BCUT2D eigenvalue weighted by atomic mass is 15.2. The Balaban J connectivity index is 1.88. The van der Waals surface area contributed by atoms with Crippen LogP contribution in [0.5, 0.6) is 0 Å². The quantitative estimate of drug-likeness (QED) is 0.659. The average Bonchev–Trinajstić information content (AvgIpc) is 2.56. The third kappa shape index (κ3) is 2.94. The lowest BCUT2D eigenvalue weighted by molar-refractivity contribution is 0.220. The smallest absolute Gasteiger partial charge is 0.0509 e. The predicted octanol–water partition coefficient (Wildman–Crippen LogP) is 3.96. The number of benzene rings is 1. The highest BCUT2D eigenvalue weighted by Gasteiger charge is 2.28. The molecule has 1 atom stereocenters. The lowest BCUT2D eigenvalue weighted by atomic mass is 9.76. The molecule has 3 heteroatoms. The first-order chi connectivity index (χ1) is 10.3. The van der Waals surface area contributed by atoms with Gasteiger partial charge in [0.25, 0.3) is 0 Å². The first-order valence-electron chi connectivity index (χ1n) is 8.12. The molecule has 0 amide bonds. The molecule has 1 aromatic carbocycles. The maximum Gasteiger partial charge on any atom is 0.0509 e. The fourth-order valence-corrected chi connectivity index (χ4v) is 3.80. The van der Waals surface area contributed by atoms with Gasteiger partial charge in [-0.05, 0) is 35.6 Å². The van der Waals surface area contributed by atoms with Crippen LogP contribution in [0.4, 0.5) is 0 Å². The van der Waals surface area contributed by atoms with Crippen molar-refractivity contribution in [3.63, 3.8) is 0 Å². The summed E-state index contributed by atoms with van der Waals surface area (Å²) in [6, 6.07) is 8.65. The fraction of sp³-hybridized carbons (Fsp3) is 0.500. The van der Waals surface area contributed by atoms with Crippen LogP contribution in [0.25, 0.3) is 10.8 Å². The molecule has 21 heavy (non-hydrogen) atoms. The summed E-state index contributed by atoms with van der Waals surface area (Å²) in [5.74, 6) is 7.44. The van der Waals surface area contributed by atoms with Crippen LogP contribution >= 0.6 is 0 Å². The Labute approximate surface area is 126 Å². The normalized spacial score (nSPS) is 24.1. The van der Waals surface area contributed by atoms with Gasteiger partial charge in [-0.3, -0.25) is 16.3 Å². The van der Waals surface area contributed by atoms with Crippen LogP contribution in [0.2, 0.25) is 0 Å². The Bertz CT molecular complexity index is 583. The van der Waals surface area contributed by atoms with Gasteiger partial charge in [-0.15, -0.1) is 0 Å². The van der Waals surface area contributed by atoms with Gasteiger partial charge in [-0.1, -0.05) is 50.5 Å². The van der Waals surface area contributed by atoms with E-state index in [-0.39, 0.29) is 6.04 Å². The van der Waals surface area contributed by atoms with Crippen LogP contribution in [0.15, 0.2) is 36.7 Å². The van der Waals surface area contributed by atoms with E-state index in [1.54, 1.807) is 0 Å². The van der Waals surface area contributed by atoms with Gasteiger partial charge in [0.05, 0.1) is 6.04 Å². The monoisotopic (exact) mass is 283 g/mol. The van der Waals surface area contributed by atoms with Crippen molar-refractivity contribution >= 4 is 10.8 Å². The molecule has 1 unspecified atom stereocenters. The average molecular weight is 283 g/mol. The minimum atomic E-state index is 0.210. The van der Waals surface area contributed by atoms with Crippen LogP contribution in [0.1, 0.15) is 50.6 Å². The highest BCUT2D eigenvalue weighted by molar-refractivity contribution is 5.85. The van der Waals surface area contributed by atoms with Gasteiger partial charge in [0.15, 0.2) is 0 Å². The molecule has 0 saturated heterocycles. The summed E-state index contributed by atoms with van der Waals surface area (Å²) in [4.78, 5) is 4.41. The van der Waals surface area contributed by atoms with Crippen molar-refractivity contribution in [2.75, 3.05) is 0 Å². The van der Waals surface area contributed by atoms with Crippen molar-refractivity contribution in [1.29, 1.82) is 0 Å². The number of hydrazine groups is 1. The van der Waals surface area contributed by atoms with E-state index >= 15 is 0 Å². The summed E-state index contributed by atoms with van der Waals surface area (Å²) in [5.41, 5.74) is 4.32. The number of nitrogens with one attached hydrogen (secondary N) is 1. The van der Waals surface area contributed by atoms with Gasteiger partial charge in [0, 0.05) is 17.8 Å². The van der Waals surface area contributed by atoms with Crippen molar-refractivity contribution in [1.82, 2.24) is 10.4 Å². The summed E-state index contributed by atoms with van der Waals surface area (Å²) in [7, 11) is 0. The second kappa shape index (κ2) is 6.54. The molecule has 1 saturated carbocycles. The molecule has 3 rings (SSSR count). The van der Waals surface area contributed by atoms with Crippen molar-refractivity contribution in [2.45, 2.75) is 45.1 Å². The number of hydrogen-bond acceptors (Lipinski definition) is 3. The number of nitrogens with two attached hydrogens (primary N) is 1. The first kappa shape index (κ1) is 14.5. The van der Waals surface area contributed by atoms with Crippen LogP contribution in [-0.2, 0) is 0 Å². The van der Waals surface area contributed by atoms with E-state index in [9.17, 15) is 0 Å². The zero-order valence-electron chi connectivity index (χ0n) is 12.8. The molecule has 1 aliphatic rings. The SMILES string of the molecule is CCC1CCC(C(NN)c2cncc3ccccc23)CC1. The molecule has 1 fully saturated rings. The van der Waals surface area contributed by atoms with E-state index < -0.39 is 0 Å². The van der Waals surface area contributed by atoms with Gasteiger partial charge in [0.1, 0.15) is 0 Å². The minimum Gasteiger partial charge on any atom is -0.271 e. The zero-order chi connectivity index (χ0) is 14.7. The number of hydrogen-bond donors (Lipinski definition) is 2. The van der Waals surface area contributed by atoms with Crippen molar-refractivity contribution in [2.24, 2.45) is 17.7 Å². The minimum absolute atomic E-state index is 0.210. The van der Waals surface area contributed by atoms with E-state index in [0.717, 1.165) is 5.92 Å². The van der Waals surface area contributed by atoms with Crippen LogP contribution in [-0.4, -0.2) is 4.98 Å². The van der Waals surface area contributed by atoms with E-state index in [1.165, 1.54) is 48.4 Å². The zero-order valence-corrected chi connectivity index (χ0v) is 12.8. The molecule has 1 heterocycles. The molecule has 112 valence electrons. The van der Waals surface area contributed by atoms with Crippen molar-refractivity contribution in [3.8, 4) is 0 Å². The molecular weight excluding hydrogens is 258 g/mol. The third-order valence-corrected chi connectivity index (χ3v) is 5.15. The molecule has 0 spiro atoms. The number of nitrogens with zero attached hydrogens (tertiary/aromatic N) is 1. The summed E-state index contributed by atoms with van der Waals surface area (Å²) in [6.45, 7) is 2.30. The fourth-order valence-electron chi connectivity index (χ4n) is 3.80. The topological polar surface area (TPSA) is 50.9 Å². The highest BCUT2D eigenvalue weighted by Crippen LogP contribution is 2.39. The Morgan fingerprint density at radius 2 is 1.95 bits per heavy atom. The Morgan fingerprint density at radius 1 is 1.19 bits per heavy atom. The summed E-state index contributed by atoms with van der Waals surface area (Å²) in [6.07, 6.45) is 10.4. The van der Waals surface area contributed by atoms with Crippen molar-refractivity contribution < 1.29 is 0 Å². The standard InChI is InChI=1S/C18H25N3/c1-2-13-7-9-14(10-8-13)18(21-19)17-12-20-11-15-5-3-4-6-16(15)17/h3-6,11-14,18,21H,2,7-10,19H2,1H3. The van der Waals surface area contributed by atoms with Gasteiger partial charge in [0.2, 0.25) is 0 Å². The van der Waals surface area contributed by atoms with E-state index in [2.05, 4.69) is 41.6 Å². The third-order valence-electron chi connectivity index (χ3n) is 5.15. The molecule has 3 N–H and O–H groups in total. The molecular formula is C18H25N3. The second-order valence-corrected chi connectivity index (χ2v) is 6.28. The number of rotatable bonds is 4. The van der Waals surface area contributed by atoms with Gasteiger partial charge in [-0.2, -0.15) is 0 Å². The molecule has 0 radical (unpaired) electrons. The molecule has 0 aliphatic heterocycles. The molecule has 3 nitrogen and oxygen atoms in total. The van der Waals surface area contributed by atoms with Crippen molar-refractivity contribution in [3.05, 3.63) is 42.2 Å². The Morgan fingerprint density at radius 3 is 2.67 bits per heavy atom.